The molecule has 2 fully saturated rings. The maximum absolute atomic E-state index is 6.15. The molecule has 3 nitrogen and oxygen atoms in total. The van der Waals surface area contributed by atoms with Crippen molar-refractivity contribution in [2.75, 3.05) is 13.2 Å². The van der Waals surface area contributed by atoms with Crippen LogP contribution in [0.25, 0.3) is 0 Å². The van der Waals surface area contributed by atoms with Crippen molar-refractivity contribution >= 4 is 0 Å². The molecule has 1 N–H and O–H groups in total. The van der Waals surface area contributed by atoms with Crippen molar-refractivity contribution < 1.29 is 9.47 Å². The summed E-state index contributed by atoms with van der Waals surface area (Å²) in [5, 5.41) is 3.54. The average molecular weight is 297 g/mol. The van der Waals surface area contributed by atoms with Gasteiger partial charge in [0.25, 0.3) is 0 Å². The summed E-state index contributed by atoms with van der Waals surface area (Å²) in [6.07, 6.45) is 10.0. The van der Waals surface area contributed by atoms with E-state index < -0.39 is 0 Å². The molecule has 0 bridgehead atoms. The molecule has 21 heavy (non-hydrogen) atoms. The SMILES string of the molecule is CCC1CCCC(OCC2CCC(CNC(C)(C)C)O2)C1. The number of ether oxygens (including phenoxy) is 2. The van der Waals surface area contributed by atoms with Gasteiger partial charge in [-0.15, -0.1) is 0 Å². The van der Waals surface area contributed by atoms with Crippen LogP contribution in [0.5, 0.6) is 0 Å². The molecule has 4 atom stereocenters. The van der Waals surface area contributed by atoms with Gasteiger partial charge >= 0.3 is 0 Å². The molecule has 0 amide bonds. The third-order valence-corrected chi connectivity index (χ3v) is 4.89. The molecule has 1 aliphatic heterocycles. The number of hydrogen-bond acceptors (Lipinski definition) is 3. The third-order valence-electron chi connectivity index (χ3n) is 4.89. The minimum Gasteiger partial charge on any atom is -0.376 e. The van der Waals surface area contributed by atoms with Crippen LogP contribution in [0.4, 0.5) is 0 Å². The van der Waals surface area contributed by atoms with E-state index >= 15 is 0 Å². The Morgan fingerprint density at radius 1 is 1.10 bits per heavy atom. The number of hydrogen-bond donors (Lipinski definition) is 1. The second-order valence-electron chi connectivity index (χ2n) is 7.98. The molecule has 2 aliphatic rings. The Kier molecular flexibility index (Phi) is 6.51. The van der Waals surface area contributed by atoms with Crippen molar-refractivity contribution in [3.8, 4) is 0 Å². The van der Waals surface area contributed by atoms with Crippen molar-refractivity contribution in [3.05, 3.63) is 0 Å². The van der Waals surface area contributed by atoms with Crippen LogP contribution in [0.1, 0.15) is 72.6 Å². The van der Waals surface area contributed by atoms with Crippen LogP contribution in [-0.2, 0) is 9.47 Å². The van der Waals surface area contributed by atoms with Crippen molar-refractivity contribution in [1.29, 1.82) is 0 Å². The van der Waals surface area contributed by atoms with Crippen molar-refractivity contribution in [1.82, 2.24) is 5.32 Å². The molecular formula is C18H35NO2. The highest BCUT2D eigenvalue weighted by molar-refractivity contribution is 4.80. The average Bonchev–Trinajstić information content (AvgIpc) is 2.90. The van der Waals surface area contributed by atoms with E-state index in [1.807, 2.05) is 0 Å². The van der Waals surface area contributed by atoms with Gasteiger partial charge in [0.05, 0.1) is 24.9 Å². The van der Waals surface area contributed by atoms with Crippen LogP contribution in [0.2, 0.25) is 0 Å². The van der Waals surface area contributed by atoms with E-state index in [4.69, 9.17) is 9.47 Å². The maximum atomic E-state index is 6.15. The Balaban J connectivity index is 1.62. The molecule has 1 saturated heterocycles. The molecule has 0 aromatic heterocycles. The zero-order valence-electron chi connectivity index (χ0n) is 14.5. The Morgan fingerprint density at radius 2 is 1.86 bits per heavy atom. The lowest BCUT2D eigenvalue weighted by molar-refractivity contribution is -0.0565. The summed E-state index contributed by atoms with van der Waals surface area (Å²) < 4.78 is 12.3. The van der Waals surface area contributed by atoms with Crippen molar-refractivity contribution in [2.45, 2.75) is 96.5 Å². The highest BCUT2D eigenvalue weighted by Crippen LogP contribution is 2.29. The zero-order chi connectivity index (χ0) is 15.3. The molecule has 2 rings (SSSR count). The zero-order valence-corrected chi connectivity index (χ0v) is 14.5. The number of rotatable bonds is 6. The van der Waals surface area contributed by atoms with Gasteiger partial charge in [0.15, 0.2) is 0 Å². The first-order chi connectivity index (χ1) is 9.96. The topological polar surface area (TPSA) is 30.5 Å². The van der Waals surface area contributed by atoms with Gasteiger partial charge in [-0.2, -0.15) is 0 Å². The van der Waals surface area contributed by atoms with Gasteiger partial charge in [-0.05, 0) is 52.4 Å². The molecule has 1 aliphatic carbocycles. The molecule has 1 saturated carbocycles. The van der Waals surface area contributed by atoms with Crippen LogP contribution in [0.3, 0.4) is 0 Å². The van der Waals surface area contributed by atoms with Crippen LogP contribution in [0, 0.1) is 5.92 Å². The van der Waals surface area contributed by atoms with Crippen molar-refractivity contribution in [2.24, 2.45) is 5.92 Å². The second-order valence-corrected chi connectivity index (χ2v) is 7.98. The minimum absolute atomic E-state index is 0.176. The predicted molar refractivity (Wildman–Crippen MR) is 87.6 cm³/mol. The smallest absolute Gasteiger partial charge is 0.0814 e. The van der Waals surface area contributed by atoms with Gasteiger partial charge in [0.1, 0.15) is 0 Å². The van der Waals surface area contributed by atoms with E-state index in [1.165, 1.54) is 38.5 Å². The fourth-order valence-corrected chi connectivity index (χ4v) is 3.48. The third kappa shape index (κ3) is 6.25. The number of nitrogens with one attached hydrogen (secondary N) is 1. The molecule has 4 unspecified atom stereocenters. The Bertz CT molecular complexity index is 300. The Hall–Kier alpha value is -0.120. The Morgan fingerprint density at radius 3 is 2.57 bits per heavy atom. The fourth-order valence-electron chi connectivity index (χ4n) is 3.48. The summed E-state index contributed by atoms with van der Waals surface area (Å²) in [7, 11) is 0. The van der Waals surface area contributed by atoms with E-state index in [9.17, 15) is 0 Å². The standard InChI is InChI=1S/C18H35NO2/c1-5-14-7-6-8-15(11-14)20-13-17-10-9-16(21-17)12-19-18(2,3)4/h14-17,19H,5-13H2,1-4H3. The van der Waals surface area contributed by atoms with Gasteiger partial charge in [-0.1, -0.05) is 26.2 Å². The summed E-state index contributed by atoms with van der Waals surface area (Å²) in [6, 6.07) is 0. The van der Waals surface area contributed by atoms with E-state index in [0.717, 1.165) is 25.5 Å². The molecular weight excluding hydrogens is 262 g/mol. The molecule has 0 aromatic carbocycles. The molecule has 1 heterocycles. The molecule has 0 radical (unpaired) electrons. The lowest BCUT2D eigenvalue weighted by Gasteiger charge is -2.29. The minimum atomic E-state index is 0.176. The van der Waals surface area contributed by atoms with Crippen LogP contribution in [0.15, 0.2) is 0 Å². The first kappa shape index (κ1) is 17.2. The summed E-state index contributed by atoms with van der Waals surface area (Å²) >= 11 is 0. The van der Waals surface area contributed by atoms with Crippen molar-refractivity contribution in [3.63, 3.8) is 0 Å². The lowest BCUT2D eigenvalue weighted by Crippen LogP contribution is -2.41. The largest absolute Gasteiger partial charge is 0.376 e. The lowest BCUT2D eigenvalue weighted by atomic mass is 9.85. The van der Waals surface area contributed by atoms with Gasteiger partial charge in [-0.3, -0.25) is 0 Å². The van der Waals surface area contributed by atoms with Gasteiger partial charge < -0.3 is 14.8 Å². The predicted octanol–water partition coefficient (Wildman–Crippen LogP) is 3.91. The first-order valence-electron chi connectivity index (χ1n) is 8.98. The van der Waals surface area contributed by atoms with Gasteiger partial charge in [-0.25, -0.2) is 0 Å². The van der Waals surface area contributed by atoms with E-state index in [0.29, 0.717) is 18.3 Å². The summed E-state index contributed by atoms with van der Waals surface area (Å²) in [5.74, 6) is 0.886. The quantitative estimate of drug-likeness (QED) is 0.806. The summed E-state index contributed by atoms with van der Waals surface area (Å²) in [4.78, 5) is 0. The highest BCUT2D eigenvalue weighted by atomic mass is 16.5. The monoisotopic (exact) mass is 297 g/mol. The highest BCUT2D eigenvalue weighted by Gasteiger charge is 2.28. The Labute approximate surface area is 131 Å². The molecule has 124 valence electrons. The van der Waals surface area contributed by atoms with Gasteiger partial charge in [0, 0.05) is 12.1 Å². The summed E-state index contributed by atoms with van der Waals surface area (Å²) in [5.41, 5.74) is 0.176. The summed E-state index contributed by atoms with van der Waals surface area (Å²) in [6.45, 7) is 10.7. The second kappa shape index (κ2) is 7.94. The normalized spacial score (nSPS) is 34.3. The van der Waals surface area contributed by atoms with Crippen LogP contribution < -0.4 is 5.32 Å². The van der Waals surface area contributed by atoms with Gasteiger partial charge in [0.2, 0.25) is 0 Å². The fraction of sp³-hybridized carbons (Fsp3) is 1.00. The maximum Gasteiger partial charge on any atom is 0.0814 e. The van der Waals surface area contributed by atoms with E-state index in [-0.39, 0.29) is 5.54 Å². The first-order valence-corrected chi connectivity index (χ1v) is 8.98. The molecule has 0 spiro atoms. The van der Waals surface area contributed by atoms with E-state index in [2.05, 4.69) is 33.0 Å². The molecule has 0 aromatic rings. The van der Waals surface area contributed by atoms with Crippen LogP contribution >= 0.6 is 0 Å². The molecule has 3 heteroatoms. The van der Waals surface area contributed by atoms with E-state index in [1.54, 1.807) is 0 Å². The van der Waals surface area contributed by atoms with Crippen LogP contribution in [-0.4, -0.2) is 37.0 Å².